The summed E-state index contributed by atoms with van der Waals surface area (Å²) >= 11 is 1.35. The van der Waals surface area contributed by atoms with Gasteiger partial charge in [0.05, 0.1) is 18.1 Å². The molecule has 0 aliphatic heterocycles. The van der Waals surface area contributed by atoms with Gasteiger partial charge in [0.25, 0.3) is 16.8 Å². The van der Waals surface area contributed by atoms with Gasteiger partial charge in [-0.15, -0.1) is 10.2 Å². The smallest absolute Gasteiger partial charge is 0.276 e. The predicted octanol–water partition coefficient (Wildman–Crippen LogP) is 1.95. The molecule has 2 rings (SSSR count). The molecule has 0 spiro atoms. The average Bonchev–Trinajstić information content (AvgIpc) is 3.00. The minimum absolute atomic E-state index is 0.0405. The Kier molecular flexibility index (Phi) is 6.27. The van der Waals surface area contributed by atoms with E-state index in [4.69, 9.17) is 9.15 Å². The van der Waals surface area contributed by atoms with E-state index in [1.165, 1.54) is 36.9 Å². The number of hydrogen-bond acceptors (Lipinski definition) is 8. The summed E-state index contributed by atoms with van der Waals surface area (Å²) in [5.41, 5.74) is 0.442. The molecular weight excluding hydrogens is 336 g/mol. The molecule has 0 saturated carbocycles. The van der Waals surface area contributed by atoms with Gasteiger partial charge in [0, 0.05) is 30.1 Å². The molecular formula is C14H16N4O5S. The van der Waals surface area contributed by atoms with Crippen LogP contribution in [0.1, 0.15) is 21.8 Å². The molecule has 1 N–H and O–H groups in total. The fraction of sp³-hybridized carbons (Fsp3) is 0.357. The standard InChI is InChI=1S/C14H16N4O5S/c1-9-10(4-3-5-11(9)18(20)21)13(19)15-8-12-16-17-14(23-12)24-7-6-22-2/h3-5H,6-8H2,1-2H3,(H,15,19). The van der Waals surface area contributed by atoms with E-state index < -0.39 is 10.8 Å². The molecule has 24 heavy (non-hydrogen) atoms. The Morgan fingerprint density at radius 3 is 2.96 bits per heavy atom. The van der Waals surface area contributed by atoms with Gasteiger partial charge >= 0.3 is 0 Å². The first-order chi connectivity index (χ1) is 11.5. The monoisotopic (exact) mass is 352 g/mol. The van der Waals surface area contributed by atoms with Gasteiger partial charge in [0.15, 0.2) is 0 Å². The van der Waals surface area contributed by atoms with Gasteiger partial charge < -0.3 is 14.5 Å². The average molecular weight is 352 g/mol. The topological polar surface area (TPSA) is 120 Å². The van der Waals surface area contributed by atoms with Crippen LogP contribution >= 0.6 is 11.8 Å². The van der Waals surface area contributed by atoms with Gasteiger partial charge in [0.2, 0.25) is 5.89 Å². The highest BCUT2D eigenvalue weighted by Crippen LogP contribution is 2.21. The van der Waals surface area contributed by atoms with Crippen molar-refractivity contribution in [2.45, 2.75) is 18.7 Å². The number of hydrogen-bond donors (Lipinski definition) is 1. The van der Waals surface area contributed by atoms with Crippen molar-refractivity contribution in [1.82, 2.24) is 15.5 Å². The number of thioether (sulfide) groups is 1. The van der Waals surface area contributed by atoms with Crippen LogP contribution in [-0.2, 0) is 11.3 Å². The number of ether oxygens (including phenoxy) is 1. The third kappa shape index (κ3) is 4.52. The second kappa shape index (κ2) is 8.41. The number of benzene rings is 1. The maximum atomic E-state index is 12.2. The Labute approximate surface area is 141 Å². The maximum Gasteiger partial charge on any atom is 0.276 e. The molecule has 1 aromatic heterocycles. The van der Waals surface area contributed by atoms with E-state index in [0.29, 0.717) is 23.1 Å². The third-order valence-electron chi connectivity index (χ3n) is 3.11. The lowest BCUT2D eigenvalue weighted by Crippen LogP contribution is -2.24. The summed E-state index contributed by atoms with van der Waals surface area (Å²) in [5.74, 6) is 0.492. The third-order valence-corrected chi connectivity index (χ3v) is 3.89. The first-order valence-corrected chi connectivity index (χ1v) is 7.97. The molecule has 0 unspecified atom stereocenters. The summed E-state index contributed by atoms with van der Waals surface area (Å²) in [7, 11) is 1.60. The van der Waals surface area contributed by atoms with Crippen LogP contribution in [0.2, 0.25) is 0 Å². The lowest BCUT2D eigenvalue weighted by Gasteiger charge is -2.06. The summed E-state index contributed by atoms with van der Waals surface area (Å²) in [6.45, 7) is 2.13. The zero-order chi connectivity index (χ0) is 17.5. The van der Waals surface area contributed by atoms with Crippen molar-refractivity contribution in [1.29, 1.82) is 0 Å². The first-order valence-electron chi connectivity index (χ1n) is 6.99. The zero-order valence-corrected chi connectivity index (χ0v) is 14.0. The predicted molar refractivity (Wildman–Crippen MR) is 85.9 cm³/mol. The Bertz CT molecular complexity index is 734. The van der Waals surface area contributed by atoms with Gasteiger partial charge in [-0.25, -0.2) is 0 Å². The largest absolute Gasteiger partial charge is 0.414 e. The lowest BCUT2D eigenvalue weighted by atomic mass is 10.1. The van der Waals surface area contributed by atoms with Crippen LogP contribution < -0.4 is 5.32 Å². The first kappa shape index (κ1) is 17.9. The number of nitrogens with one attached hydrogen (secondary N) is 1. The Hall–Kier alpha value is -2.46. The van der Waals surface area contributed by atoms with Crippen molar-refractivity contribution >= 4 is 23.4 Å². The Morgan fingerprint density at radius 2 is 2.25 bits per heavy atom. The second-order valence-electron chi connectivity index (χ2n) is 4.69. The summed E-state index contributed by atoms with van der Waals surface area (Å²) in [6, 6.07) is 4.35. The van der Waals surface area contributed by atoms with Crippen LogP contribution in [0.15, 0.2) is 27.8 Å². The molecule has 2 aromatic rings. The van der Waals surface area contributed by atoms with Crippen molar-refractivity contribution in [3.05, 3.63) is 45.3 Å². The molecule has 9 nitrogen and oxygen atoms in total. The summed E-state index contributed by atoms with van der Waals surface area (Å²) in [4.78, 5) is 22.6. The van der Waals surface area contributed by atoms with E-state index in [1.54, 1.807) is 7.11 Å². The molecule has 1 aromatic carbocycles. The minimum atomic E-state index is -0.520. The van der Waals surface area contributed by atoms with E-state index in [9.17, 15) is 14.9 Å². The van der Waals surface area contributed by atoms with Crippen molar-refractivity contribution < 1.29 is 18.9 Å². The normalized spacial score (nSPS) is 10.6. The van der Waals surface area contributed by atoms with E-state index in [-0.39, 0.29) is 23.7 Å². The van der Waals surface area contributed by atoms with Crippen molar-refractivity contribution in [2.75, 3.05) is 19.5 Å². The van der Waals surface area contributed by atoms with Crippen molar-refractivity contribution in [2.24, 2.45) is 0 Å². The number of nitro groups is 1. The fourth-order valence-electron chi connectivity index (χ4n) is 1.90. The van der Waals surface area contributed by atoms with Gasteiger partial charge in [-0.3, -0.25) is 14.9 Å². The number of carbonyl (C=O) groups excluding carboxylic acids is 1. The highest BCUT2D eigenvalue weighted by molar-refractivity contribution is 7.99. The highest BCUT2D eigenvalue weighted by atomic mass is 32.2. The van der Waals surface area contributed by atoms with Crippen LogP contribution in [0.3, 0.4) is 0 Å². The van der Waals surface area contributed by atoms with E-state index >= 15 is 0 Å². The quantitative estimate of drug-likeness (QED) is 0.331. The van der Waals surface area contributed by atoms with E-state index in [0.717, 1.165) is 0 Å². The van der Waals surface area contributed by atoms with E-state index in [1.807, 2.05) is 0 Å². The molecule has 0 bridgehead atoms. The van der Waals surface area contributed by atoms with Crippen LogP contribution in [0.25, 0.3) is 0 Å². The minimum Gasteiger partial charge on any atom is -0.414 e. The maximum absolute atomic E-state index is 12.2. The molecule has 0 saturated heterocycles. The fourth-order valence-corrected chi connectivity index (χ4v) is 2.58. The summed E-state index contributed by atoms with van der Waals surface area (Å²) in [6.07, 6.45) is 0. The van der Waals surface area contributed by atoms with Crippen molar-refractivity contribution in [3.63, 3.8) is 0 Å². The number of rotatable bonds is 8. The highest BCUT2D eigenvalue weighted by Gasteiger charge is 2.18. The van der Waals surface area contributed by atoms with E-state index in [2.05, 4.69) is 15.5 Å². The Balaban J connectivity index is 1.96. The van der Waals surface area contributed by atoms with Crippen LogP contribution in [0.4, 0.5) is 5.69 Å². The van der Waals surface area contributed by atoms with Gasteiger partial charge in [-0.2, -0.15) is 0 Å². The van der Waals surface area contributed by atoms with Gasteiger partial charge in [-0.05, 0) is 13.0 Å². The van der Waals surface area contributed by atoms with Crippen LogP contribution in [-0.4, -0.2) is 40.5 Å². The Morgan fingerprint density at radius 1 is 1.46 bits per heavy atom. The molecule has 0 atom stereocenters. The SMILES string of the molecule is COCCSc1nnc(CNC(=O)c2cccc([N+](=O)[O-])c2C)o1. The molecule has 0 radical (unpaired) electrons. The van der Waals surface area contributed by atoms with Gasteiger partial charge in [0.1, 0.15) is 0 Å². The molecule has 1 heterocycles. The summed E-state index contributed by atoms with van der Waals surface area (Å²) < 4.78 is 10.3. The lowest BCUT2D eigenvalue weighted by molar-refractivity contribution is -0.385. The molecule has 10 heteroatoms. The number of methoxy groups -OCH3 is 1. The van der Waals surface area contributed by atoms with Gasteiger partial charge in [-0.1, -0.05) is 17.8 Å². The summed E-state index contributed by atoms with van der Waals surface area (Å²) in [5, 5.41) is 21.6. The van der Waals surface area contributed by atoms with Crippen molar-refractivity contribution in [3.8, 4) is 0 Å². The number of carbonyl (C=O) groups is 1. The number of amides is 1. The number of aromatic nitrogens is 2. The van der Waals surface area contributed by atoms with Crippen LogP contribution in [0.5, 0.6) is 0 Å². The number of nitrogens with zero attached hydrogens (tertiary/aromatic N) is 3. The second-order valence-corrected chi connectivity index (χ2v) is 5.74. The molecule has 1 amide bonds. The molecule has 0 fully saturated rings. The molecule has 0 aliphatic rings. The molecule has 128 valence electrons. The zero-order valence-electron chi connectivity index (χ0n) is 13.1. The van der Waals surface area contributed by atoms with Crippen LogP contribution in [0, 0.1) is 17.0 Å². The number of nitro benzene ring substituents is 1. The molecule has 0 aliphatic carbocycles.